The summed E-state index contributed by atoms with van der Waals surface area (Å²) in [7, 11) is 0. The Hall–Kier alpha value is -0.800. The highest BCUT2D eigenvalue weighted by Crippen LogP contribution is 2.29. The predicted molar refractivity (Wildman–Crippen MR) is 69.9 cm³/mol. The average molecular weight is 236 g/mol. The van der Waals surface area contributed by atoms with E-state index in [-0.39, 0.29) is 0 Å². The van der Waals surface area contributed by atoms with Crippen molar-refractivity contribution < 1.29 is 4.42 Å². The summed E-state index contributed by atoms with van der Waals surface area (Å²) < 4.78 is 5.04. The lowest BCUT2D eigenvalue weighted by Gasteiger charge is -2.21. The van der Waals surface area contributed by atoms with Gasteiger partial charge in [-0.3, -0.25) is 0 Å². The molecule has 3 heteroatoms. The molecule has 1 N–H and O–H groups in total. The minimum absolute atomic E-state index is 0.917. The van der Waals surface area contributed by atoms with Gasteiger partial charge in [0.2, 0.25) is 0 Å². The van der Waals surface area contributed by atoms with E-state index in [0.717, 1.165) is 19.0 Å². The zero-order valence-electron chi connectivity index (χ0n) is 10.8. The van der Waals surface area contributed by atoms with Crippen molar-refractivity contribution in [2.45, 2.75) is 32.7 Å². The van der Waals surface area contributed by atoms with Gasteiger partial charge < -0.3 is 14.6 Å². The normalized spacial score (nSPS) is 15.6. The quantitative estimate of drug-likeness (QED) is 0.668. The number of hydrogen-bond donors (Lipinski definition) is 1. The third kappa shape index (κ3) is 4.92. The molecule has 17 heavy (non-hydrogen) atoms. The van der Waals surface area contributed by atoms with Crippen LogP contribution < -0.4 is 5.32 Å². The van der Waals surface area contributed by atoms with Gasteiger partial charge >= 0.3 is 0 Å². The fraction of sp³-hybridized carbons (Fsp3) is 0.714. The summed E-state index contributed by atoms with van der Waals surface area (Å²) in [5.74, 6) is 0.996. The van der Waals surface area contributed by atoms with Crippen molar-refractivity contribution in [2.24, 2.45) is 5.92 Å². The van der Waals surface area contributed by atoms with Crippen LogP contribution in [0, 0.1) is 5.92 Å². The summed E-state index contributed by atoms with van der Waals surface area (Å²) in [6, 6.07) is 2.01. The standard InChI is InChI=1S/C14H24N2O/c1-2-7-16(11-13-3-4-13)8-6-15-10-14-5-9-17-12-14/h5,9,12-13,15H,2-4,6-8,10-11H2,1H3. The molecule has 2 rings (SSSR count). The Kier molecular flexibility index (Phi) is 5.08. The summed E-state index contributed by atoms with van der Waals surface area (Å²) in [4.78, 5) is 2.60. The van der Waals surface area contributed by atoms with Gasteiger partial charge in [0.15, 0.2) is 0 Å². The minimum atomic E-state index is 0.917. The molecule has 1 aliphatic carbocycles. The third-order valence-electron chi connectivity index (χ3n) is 3.27. The molecule has 1 aromatic rings. The number of nitrogens with zero attached hydrogens (tertiary/aromatic N) is 1. The average Bonchev–Trinajstić information content (AvgIpc) is 2.98. The number of furan rings is 1. The monoisotopic (exact) mass is 236 g/mol. The molecule has 1 aromatic heterocycles. The van der Waals surface area contributed by atoms with Gasteiger partial charge in [0, 0.05) is 31.7 Å². The first-order valence-electron chi connectivity index (χ1n) is 6.82. The van der Waals surface area contributed by atoms with Crippen LogP contribution in [0.2, 0.25) is 0 Å². The molecule has 1 saturated carbocycles. The zero-order chi connectivity index (χ0) is 11.9. The van der Waals surface area contributed by atoms with E-state index in [1.165, 1.54) is 44.5 Å². The molecule has 1 heterocycles. The van der Waals surface area contributed by atoms with E-state index in [1.807, 2.05) is 6.07 Å². The van der Waals surface area contributed by atoms with E-state index in [9.17, 15) is 0 Å². The molecule has 96 valence electrons. The van der Waals surface area contributed by atoms with Crippen LogP contribution in [0.4, 0.5) is 0 Å². The maximum Gasteiger partial charge on any atom is 0.0947 e. The summed E-state index contributed by atoms with van der Waals surface area (Å²) >= 11 is 0. The fourth-order valence-corrected chi connectivity index (χ4v) is 2.14. The first-order chi connectivity index (χ1) is 8.38. The molecule has 0 spiro atoms. The van der Waals surface area contributed by atoms with Crippen LogP contribution in [0.25, 0.3) is 0 Å². The lowest BCUT2D eigenvalue weighted by molar-refractivity contribution is 0.262. The van der Waals surface area contributed by atoms with Gasteiger partial charge in [-0.05, 0) is 37.8 Å². The topological polar surface area (TPSA) is 28.4 Å². The van der Waals surface area contributed by atoms with E-state index in [2.05, 4.69) is 17.1 Å². The van der Waals surface area contributed by atoms with Gasteiger partial charge in [0.25, 0.3) is 0 Å². The predicted octanol–water partition coefficient (Wildman–Crippen LogP) is 2.49. The Morgan fingerprint density at radius 2 is 2.29 bits per heavy atom. The highest BCUT2D eigenvalue weighted by Gasteiger charge is 2.23. The first-order valence-corrected chi connectivity index (χ1v) is 6.82. The van der Waals surface area contributed by atoms with Crippen molar-refractivity contribution in [3.05, 3.63) is 24.2 Å². The second kappa shape index (κ2) is 6.82. The summed E-state index contributed by atoms with van der Waals surface area (Å²) in [5.41, 5.74) is 1.23. The Bertz CT molecular complexity index is 293. The second-order valence-electron chi connectivity index (χ2n) is 5.05. The maximum atomic E-state index is 5.04. The maximum absolute atomic E-state index is 5.04. The van der Waals surface area contributed by atoms with Crippen molar-refractivity contribution in [3.8, 4) is 0 Å². The van der Waals surface area contributed by atoms with Crippen LogP contribution in [0.1, 0.15) is 31.7 Å². The molecule has 0 radical (unpaired) electrons. The van der Waals surface area contributed by atoms with Crippen LogP contribution in [0.5, 0.6) is 0 Å². The summed E-state index contributed by atoms with van der Waals surface area (Å²) in [5, 5.41) is 3.47. The number of hydrogen-bond acceptors (Lipinski definition) is 3. The van der Waals surface area contributed by atoms with Crippen LogP contribution in [-0.2, 0) is 6.54 Å². The van der Waals surface area contributed by atoms with Crippen LogP contribution in [-0.4, -0.2) is 31.1 Å². The molecule has 0 amide bonds. The third-order valence-corrected chi connectivity index (χ3v) is 3.27. The van der Waals surface area contributed by atoms with Gasteiger partial charge in [0.1, 0.15) is 0 Å². The molecule has 1 aliphatic rings. The largest absolute Gasteiger partial charge is 0.472 e. The molecule has 0 saturated heterocycles. The van der Waals surface area contributed by atoms with Crippen molar-refractivity contribution in [1.82, 2.24) is 10.2 Å². The molecular formula is C14H24N2O. The van der Waals surface area contributed by atoms with Crippen molar-refractivity contribution in [3.63, 3.8) is 0 Å². The van der Waals surface area contributed by atoms with E-state index in [4.69, 9.17) is 4.42 Å². The van der Waals surface area contributed by atoms with E-state index >= 15 is 0 Å². The molecule has 0 aromatic carbocycles. The number of nitrogens with one attached hydrogen (secondary N) is 1. The van der Waals surface area contributed by atoms with Gasteiger partial charge in [-0.15, -0.1) is 0 Å². The van der Waals surface area contributed by atoms with E-state index < -0.39 is 0 Å². The fourth-order valence-electron chi connectivity index (χ4n) is 2.14. The first kappa shape index (κ1) is 12.7. The van der Waals surface area contributed by atoms with Crippen LogP contribution in [0.15, 0.2) is 23.0 Å². The highest BCUT2D eigenvalue weighted by atomic mass is 16.3. The van der Waals surface area contributed by atoms with Crippen LogP contribution >= 0.6 is 0 Å². The molecule has 0 atom stereocenters. The Morgan fingerprint density at radius 3 is 2.94 bits per heavy atom. The van der Waals surface area contributed by atoms with Gasteiger partial charge in [-0.1, -0.05) is 6.92 Å². The second-order valence-corrected chi connectivity index (χ2v) is 5.05. The van der Waals surface area contributed by atoms with E-state index in [0.29, 0.717) is 0 Å². The molecule has 0 bridgehead atoms. The highest BCUT2D eigenvalue weighted by molar-refractivity contribution is 5.04. The molecule has 3 nitrogen and oxygen atoms in total. The zero-order valence-corrected chi connectivity index (χ0v) is 10.8. The van der Waals surface area contributed by atoms with E-state index in [1.54, 1.807) is 12.5 Å². The lowest BCUT2D eigenvalue weighted by Crippen LogP contribution is -2.34. The molecule has 0 aliphatic heterocycles. The van der Waals surface area contributed by atoms with Crippen molar-refractivity contribution >= 4 is 0 Å². The summed E-state index contributed by atoms with van der Waals surface area (Å²) in [6.07, 6.45) is 7.69. The molecular weight excluding hydrogens is 212 g/mol. The van der Waals surface area contributed by atoms with Crippen molar-refractivity contribution in [2.75, 3.05) is 26.2 Å². The molecule has 0 unspecified atom stereocenters. The Labute approximate surface area is 104 Å². The summed E-state index contributed by atoms with van der Waals surface area (Å²) in [6.45, 7) is 7.96. The molecule has 1 fully saturated rings. The Balaban J connectivity index is 1.57. The van der Waals surface area contributed by atoms with Crippen molar-refractivity contribution in [1.29, 1.82) is 0 Å². The van der Waals surface area contributed by atoms with Gasteiger partial charge in [-0.25, -0.2) is 0 Å². The number of rotatable bonds is 9. The Morgan fingerprint density at radius 1 is 1.41 bits per heavy atom. The van der Waals surface area contributed by atoms with Crippen LogP contribution in [0.3, 0.4) is 0 Å². The van der Waals surface area contributed by atoms with Gasteiger partial charge in [-0.2, -0.15) is 0 Å². The lowest BCUT2D eigenvalue weighted by atomic mass is 10.3. The van der Waals surface area contributed by atoms with Gasteiger partial charge in [0.05, 0.1) is 12.5 Å². The smallest absolute Gasteiger partial charge is 0.0947 e. The minimum Gasteiger partial charge on any atom is -0.472 e. The SMILES string of the molecule is CCCN(CCNCc1ccoc1)CC1CC1.